The third kappa shape index (κ3) is 1.93. The molecule has 0 radical (unpaired) electrons. The lowest BCUT2D eigenvalue weighted by Crippen LogP contribution is -2.10. The van der Waals surface area contributed by atoms with Gasteiger partial charge in [0.05, 0.1) is 6.04 Å². The summed E-state index contributed by atoms with van der Waals surface area (Å²) in [5.74, 6) is 0.581. The van der Waals surface area contributed by atoms with Gasteiger partial charge in [0, 0.05) is 0 Å². The van der Waals surface area contributed by atoms with Gasteiger partial charge in [-0.2, -0.15) is 5.21 Å². The van der Waals surface area contributed by atoms with E-state index in [0.29, 0.717) is 5.82 Å². The van der Waals surface area contributed by atoms with E-state index in [-0.39, 0.29) is 18.4 Å². The maximum Gasteiger partial charge on any atom is 0.191 e. The number of hydrogen-bond acceptors (Lipinski definition) is 4. The molecule has 0 saturated carbocycles. The van der Waals surface area contributed by atoms with Crippen molar-refractivity contribution < 1.29 is 0 Å². The third-order valence-electron chi connectivity index (χ3n) is 1.13. The van der Waals surface area contributed by atoms with Crippen LogP contribution in [0.4, 0.5) is 0 Å². The Morgan fingerprint density at radius 3 is 2.80 bits per heavy atom. The van der Waals surface area contributed by atoms with Crippen molar-refractivity contribution in [3.05, 3.63) is 5.82 Å². The van der Waals surface area contributed by atoms with E-state index in [1.165, 1.54) is 0 Å². The number of tetrazole rings is 1. The SMILES string of the molecule is CC[C@@H](N)c1nn[nH]n1.Cl. The summed E-state index contributed by atoms with van der Waals surface area (Å²) in [7, 11) is 0. The molecule has 0 spiro atoms. The maximum atomic E-state index is 5.55. The van der Waals surface area contributed by atoms with Gasteiger partial charge in [-0.25, -0.2) is 0 Å². The van der Waals surface area contributed by atoms with Crippen molar-refractivity contribution in [3.8, 4) is 0 Å². The first-order valence-electron chi connectivity index (χ1n) is 2.83. The van der Waals surface area contributed by atoms with Crippen molar-refractivity contribution in [1.82, 2.24) is 20.6 Å². The minimum atomic E-state index is -0.0799. The first-order chi connectivity index (χ1) is 4.34. The molecule has 1 heterocycles. The van der Waals surface area contributed by atoms with Crippen molar-refractivity contribution in [1.29, 1.82) is 0 Å². The molecule has 0 aliphatic heterocycles. The number of aromatic amines is 1. The maximum absolute atomic E-state index is 5.55. The van der Waals surface area contributed by atoms with Crippen LogP contribution in [0.3, 0.4) is 0 Å². The molecule has 3 N–H and O–H groups in total. The van der Waals surface area contributed by atoms with Gasteiger partial charge >= 0.3 is 0 Å². The second-order valence-electron chi connectivity index (χ2n) is 1.78. The molecule has 1 aromatic rings. The molecule has 0 saturated heterocycles. The number of halogens is 1. The van der Waals surface area contributed by atoms with E-state index in [0.717, 1.165) is 6.42 Å². The average molecular weight is 164 g/mol. The first kappa shape index (κ1) is 9.32. The van der Waals surface area contributed by atoms with E-state index in [2.05, 4.69) is 20.6 Å². The van der Waals surface area contributed by atoms with Gasteiger partial charge in [0.15, 0.2) is 5.82 Å². The Hall–Kier alpha value is -0.680. The van der Waals surface area contributed by atoms with Gasteiger partial charge in [-0.15, -0.1) is 22.6 Å². The normalized spacial score (nSPS) is 12.2. The number of aromatic nitrogens is 4. The molecule has 1 rings (SSSR count). The molecule has 1 atom stereocenters. The summed E-state index contributed by atoms with van der Waals surface area (Å²) >= 11 is 0. The summed E-state index contributed by atoms with van der Waals surface area (Å²) in [6.45, 7) is 1.97. The van der Waals surface area contributed by atoms with Crippen LogP contribution in [0.1, 0.15) is 25.2 Å². The highest BCUT2D eigenvalue weighted by Crippen LogP contribution is 2.03. The summed E-state index contributed by atoms with van der Waals surface area (Å²) in [4.78, 5) is 0. The summed E-state index contributed by atoms with van der Waals surface area (Å²) in [5.41, 5.74) is 5.55. The van der Waals surface area contributed by atoms with Crippen LogP contribution in [0.2, 0.25) is 0 Å². The van der Waals surface area contributed by atoms with Crippen LogP contribution in [-0.4, -0.2) is 20.6 Å². The van der Waals surface area contributed by atoms with Crippen LogP contribution in [-0.2, 0) is 0 Å². The lowest BCUT2D eigenvalue weighted by atomic mass is 10.2. The average Bonchev–Trinajstić information content (AvgIpc) is 2.37. The quantitative estimate of drug-likeness (QED) is 0.645. The molecule has 0 aliphatic rings. The molecule has 10 heavy (non-hydrogen) atoms. The highest BCUT2D eigenvalue weighted by atomic mass is 35.5. The van der Waals surface area contributed by atoms with E-state index in [9.17, 15) is 0 Å². The smallest absolute Gasteiger partial charge is 0.191 e. The zero-order valence-electron chi connectivity index (χ0n) is 5.61. The number of nitrogens with one attached hydrogen (secondary N) is 1. The number of nitrogens with two attached hydrogens (primary N) is 1. The topological polar surface area (TPSA) is 80.5 Å². The van der Waals surface area contributed by atoms with Gasteiger partial charge in [0.2, 0.25) is 0 Å². The lowest BCUT2D eigenvalue weighted by Gasteiger charge is -1.98. The summed E-state index contributed by atoms with van der Waals surface area (Å²) < 4.78 is 0. The molecule has 6 heteroatoms. The molecule has 0 aromatic carbocycles. The van der Waals surface area contributed by atoms with Crippen LogP contribution >= 0.6 is 12.4 Å². The molecular weight excluding hydrogens is 154 g/mol. The standard InChI is InChI=1S/C4H9N5.ClH/c1-2-3(5)4-6-8-9-7-4;/h3H,2,5H2,1H3,(H,6,7,8,9);1H/t3-;/m1./s1. The van der Waals surface area contributed by atoms with E-state index in [4.69, 9.17) is 5.73 Å². The van der Waals surface area contributed by atoms with Crippen LogP contribution in [0.25, 0.3) is 0 Å². The molecule has 0 amide bonds. The molecule has 0 unspecified atom stereocenters. The van der Waals surface area contributed by atoms with Crippen molar-refractivity contribution in [2.75, 3.05) is 0 Å². The van der Waals surface area contributed by atoms with Crippen LogP contribution < -0.4 is 5.73 Å². The molecule has 0 bridgehead atoms. The monoisotopic (exact) mass is 163 g/mol. The predicted octanol–water partition coefficient (Wildman–Crippen LogP) is 0.0313. The van der Waals surface area contributed by atoms with Gasteiger partial charge < -0.3 is 5.73 Å². The van der Waals surface area contributed by atoms with Crippen LogP contribution in [0.5, 0.6) is 0 Å². The Bertz CT molecular complexity index is 162. The lowest BCUT2D eigenvalue weighted by molar-refractivity contribution is 0.650. The molecule has 58 valence electrons. The fraction of sp³-hybridized carbons (Fsp3) is 0.750. The van der Waals surface area contributed by atoms with Crippen molar-refractivity contribution in [2.24, 2.45) is 5.73 Å². The summed E-state index contributed by atoms with van der Waals surface area (Å²) in [6, 6.07) is -0.0799. The van der Waals surface area contributed by atoms with E-state index in [1.807, 2.05) is 6.92 Å². The number of H-pyrrole nitrogens is 1. The number of nitrogens with zero attached hydrogens (tertiary/aromatic N) is 3. The van der Waals surface area contributed by atoms with E-state index in [1.54, 1.807) is 0 Å². The largest absolute Gasteiger partial charge is 0.321 e. The number of hydrogen-bond donors (Lipinski definition) is 2. The van der Waals surface area contributed by atoms with Crippen molar-refractivity contribution in [2.45, 2.75) is 19.4 Å². The summed E-state index contributed by atoms with van der Waals surface area (Å²) in [6.07, 6.45) is 0.833. The van der Waals surface area contributed by atoms with Gasteiger partial charge in [-0.05, 0) is 6.42 Å². The minimum Gasteiger partial charge on any atom is -0.321 e. The minimum absolute atomic E-state index is 0. The second kappa shape index (κ2) is 4.19. The zero-order chi connectivity index (χ0) is 6.69. The van der Waals surface area contributed by atoms with Gasteiger partial charge in [-0.1, -0.05) is 12.1 Å². The summed E-state index contributed by atoms with van der Waals surface area (Å²) in [5, 5.41) is 13.1. The van der Waals surface area contributed by atoms with Crippen LogP contribution in [0, 0.1) is 0 Å². The third-order valence-corrected chi connectivity index (χ3v) is 1.13. The van der Waals surface area contributed by atoms with Crippen molar-refractivity contribution in [3.63, 3.8) is 0 Å². The Kier molecular flexibility index (Phi) is 3.90. The highest BCUT2D eigenvalue weighted by molar-refractivity contribution is 5.85. The Morgan fingerprint density at radius 1 is 1.70 bits per heavy atom. The van der Waals surface area contributed by atoms with Crippen molar-refractivity contribution >= 4 is 12.4 Å². The van der Waals surface area contributed by atoms with Crippen LogP contribution in [0.15, 0.2) is 0 Å². The van der Waals surface area contributed by atoms with Gasteiger partial charge in [-0.3, -0.25) is 0 Å². The molecule has 5 nitrogen and oxygen atoms in total. The Labute approximate surface area is 64.8 Å². The van der Waals surface area contributed by atoms with Gasteiger partial charge in [0.25, 0.3) is 0 Å². The second-order valence-corrected chi connectivity index (χ2v) is 1.78. The highest BCUT2D eigenvalue weighted by Gasteiger charge is 2.05. The fourth-order valence-corrected chi connectivity index (χ4v) is 0.509. The number of rotatable bonds is 2. The Morgan fingerprint density at radius 2 is 2.40 bits per heavy atom. The van der Waals surface area contributed by atoms with E-state index < -0.39 is 0 Å². The predicted molar refractivity (Wildman–Crippen MR) is 38.6 cm³/mol. The zero-order valence-corrected chi connectivity index (χ0v) is 6.43. The molecule has 0 fully saturated rings. The molecular formula is C4H10ClN5. The van der Waals surface area contributed by atoms with E-state index >= 15 is 0 Å². The fourth-order valence-electron chi connectivity index (χ4n) is 0.509. The Balaban J connectivity index is 0.000000810. The molecule has 1 aromatic heterocycles. The first-order valence-corrected chi connectivity index (χ1v) is 2.83. The van der Waals surface area contributed by atoms with Gasteiger partial charge in [0.1, 0.15) is 0 Å². The molecule has 0 aliphatic carbocycles.